The lowest BCUT2D eigenvalue weighted by atomic mass is 10.1. The van der Waals surface area contributed by atoms with Crippen LogP contribution in [0.25, 0.3) is 0 Å². The minimum Gasteiger partial charge on any atom is -0.345 e. The first-order valence-electron chi connectivity index (χ1n) is 4.79. The highest BCUT2D eigenvalue weighted by Crippen LogP contribution is 2.26. The summed E-state index contributed by atoms with van der Waals surface area (Å²) in [5.41, 5.74) is 2.68. The third-order valence-electron chi connectivity index (χ3n) is 2.61. The van der Waals surface area contributed by atoms with Crippen LogP contribution in [0.1, 0.15) is 18.9 Å². The third kappa shape index (κ3) is 1.46. The van der Waals surface area contributed by atoms with Gasteiger partial charge >= 0.3 is 0 Å². The van der Waals surface area contributed by atoms with Gasteiger partial charge in [-0.05, 0) is 31.9 Å². The van der Waals surface area contributed by atoms with Crippen LogP contribution < -0.4 is 4.90 Å². The Kier molecular flexibility index (Phi) is 2.09. The Morgan fingerprint density at radius 2 is 2.08 bits per heavy atom. The van der Waals surface area contributed by atoms with E-state index in [-0.39, 0.29) is 0 Å². The molecule has 0 bridgehead atoms. The summed E-state index contributed by atoms with van der Waals surface area (Å²) in [6, 6.07) is 9.14. The molecule has 68 valence electrons. The van der Waals surface area contributed by atoms with Gasteiger partial charge in [-0.1, -0.05) is 24.3 Å². The second-order valence-corrected chi connectivity index (χ2v) is 3.66. The van der Waals surface area contributed by atoms with Gasteiger partial charge in [-0.3, -0.25) is 0 Å². The standard InChI is InChI=1S/C12H15N/c1-10-6-3-4-8-12(10)13-9-5-7-11(13)2/h3-6,8-9,11H,7H2,1-2H3. The average molecular weight is 173 g/mol. The van der Waals surface area contributed by atoms with Crippen LogP contribution in [0.5, 0.6) is 0 Å². The molecular weight excluding hydrogens is 158 g/mol. The number of hydrogen-bond donors (Lipinski definition) is 0. The first-order valence-corrected chi connectivity index (χ1v) is 4.79. The molecule has 1 heterocycles. The highest BCUT2D eigenvalue weighted by atomic mass is 15.2. The molecule has 0 aliphatic carbocycles. The lowest BCUT2D eigenvalue weighted by molar-refractivity contribution is 0.758. The maximum Gasteiger partial charge on any atom is 0.0438 e. The molecule has 0 saturated carbocycles. The molecule has 0 radical (unpaired) electrons. The molecule has 1 aromatic carbocycles. The van der Waals surface area contributed by atoms with E-state index in [1.807, 2.05) is 0 Å². The van der Waals surface area contributed by atoms with Crippen molar-refractivity contribution in [2.45, 2.75) is 26.3 Å². The molecule has 1 nitrogen and oxygen atoms in total. The minimum absolute atomic E-state index is 0.612. The van der Waals surface area contributed by atoms with E-state index in [1.54, 1.807) is 0 Å². The Labute approximate surface area is 79.7 Å². The van der Waals surface area contributed by atoms with Gasteiger partial charge in [-0.2, -0.15) is 0 Å². The summed E-state index contributed by atoms with van der Waals surface area (Å²) < 4.78 is 0. The highest BCUT2D eigenvalue weighted by molar-refractivity contribution is 5.57. The van der Waals surface area contributed by atoms with Crippen molar-refractivity contribution >= 4 is 5.69 Å². The summed E-state index contributed by atoms with van der Waals surface area (Å²) in [4.78, 5) is 2.34. The molecular formula is C12H15N. The van der Waals surface area contributed by atoms with Gasteiger partial charge in [0.1, 0.15) is 0 Å². The molecule has 13 heavy (non-hydrogen) atoms. The van der Waals surface area contributed by atoms with Crippen LogP contribution in [-0.4, -0.2) is 6.04 Å². The molecule has 0 spiro atoms. The molecule has 0 amide bonds. The Morgan fingerprint density at radius 3 is 2.69 bits per heavy atom. The molecule has 1 aromatic rings. The van der Waals surface area contributed by atoms with Gasteiger partial charge in [0.25, 0.3) is 0 Å². The van der Waals surface area contributed by atoms with Crippen LogP contribution in [0.4, 0.5) is 5.69 Å². The minimum atomic E-state index is 0.612. The Morgan fingerprint density at radius 1 is 1.31 bits per heavy atom. The van der Waals surface area contributed by atoms with Crippen LogP contribution in [0.2, 0.25) is 0 Å². The molecule has 1 heteroatoms. The quantitative estimate of drug-likeness (QED) is 0.630. The van der Waals surface area contributed by atoms with Crippen molar-refractivity contribution in [3.05, 3.63) is 42.1 Å². The number of rotatable bonds is 1. The topological polar surface area (TPSA) is 3.24 Å². The maximum atomic E-state index is 2.34. The van der Waals surface area contributed by atoms with E-state index in [9.17, 15) is 0 Å². The zero-order valence-corrected chi connectivity index (χ0v) is 8.20. The highest BCUT2D eigenvalue weighted by Gasteiger charge is 2.16. The first kappa shape index (κ1) is 8.36. The zero-order valence-electron chi connectivity index (χ0n) is 8.20. The second kappa shape index (κ2) is 3.25. The second-order valence-electron chi connectivity index (χ2n) is 3.66. The first-order chi connectivity index (χ1) is 6.29. The van der Waals surface area contributed by atoms with Crippen LogP contribution in [0, 0.1) is 6.92 Å². The third-order valence-corrected chi connectivity index (χ3v) is 2.61. The van der Waals surface area contributed by atoms with Crippen molar-refractivity contribution in [1.82, 2.24) is 0 Å². The summed E-state index contributed by atoms with van der Waals surface area (Å²) in [5, 5.41) is 0. The predicted octanol–water partition coefficient (Wildman–Crippen LogP) is 3.11. The van der Waals surface area contributed by atoms with Gasteiger partial charge in [0.05, 0.1) is 0 Å². The lowest BCUT2D eigenvalue weighted by Gasteiger charge is -2.24. The van der Waals surface area contributed by atoms with Gasteiger partial charge in [0.15, 0.2) is 0 Å². The van der Waals surface area contributed by atoms with Crippen molar-refractivity contribution in [2.24, 2.45) is 0 Å². The molecule has 1 aliphatic rings. The van der Waals surface area contributed by atoms with E-state index < -0.39 is 0 Å². The summed E-state index contributed by atoms with van der Waals surface area (Å²) in [6.07, 6.45) is 5.58. The van der Waals surface area contributed by atoms with Gasteiger partial charge in [0, 0.05) is 17.9 Å². The normalized spacial score (nSPS) is 21.1. The Bertz CT molecular complexity index is 328. The monoisotopic (exact) mass is 173 g/mol. The number of hydrogen-bond acceptors (Lipinski definition) is 1. The molecule has 0 fully saturated rings. The average Bonchev–Trinajstić information content (AvgIpc) is 2.52. The number of nitrogens with zero attached hydrogens (tertiary/aromatic N) is 1. The van der Waals surface area contributed by atoms with E-state index in [0.29, 0.717) is 6.04 Å². The Hall–Kier alpha value is -1.24. The van der Waals surface area contributed by atoms with Crippen LogP contribution in [-0.2, 0) is 0 Å². The van der Waals surface area contributed by atoms with Gasteiger partial charge in [-0.15, -0.1) is 0 Å². The smallest absolute Gasteiger partial charge is 0.0438 e. The SMILES string of the molecule is Cc1ccccc1N1C=CCC1C. The summed E-state index contributed by atoms with van der Waals surface area (Å²) >= 11 is 0. The van der Waals surface area contributed by atoms with Crippen molar-refractivity contribution in [2.75, 3.05) is 4.90 Å². The maximum absolute atomic E-state index is 2.34. The van der Waals surface area contributed by atoms with Crippen LogP contribution >= 0.6 is 0 Å². The summed E-state index contributed by atoms with van der Waals surface area (Å²) in [6.45, 7) is 4.42. The van der Waals surface area contributed by atoms with Crippen molar-refractivity contribution in [3.63, 3.8) is 0 Å². The van der Waals surface area contributed by atoms with E-state index >= 15 is 0 Å². The Balaban J connectivity index is 2.35. The summed E-state index contributed by atoms with van der Waals surface area (Å²) in [7, 11) is 0. The fourth-order valence-electron chi connectivity index (χ4n) is 1.80. The fraction of sp³-hybridized carbons (Fsp3) is 0.333. The van der Waals surface area contributed by atoms with Crippen LogP contribution in [0.3, 0.4) is 0 Å². The van der Waals surface area contributed by atoms with E-state index in [0.717, 1.165) is 6.42 Å². The fourth-order valence-corrected chi connectivity index (χ4v) is 1.80. The van der Waals surface area contributed by atoms with E-state index in [2.05, 4.69) is 55.3 Å². The molecule has 2 rings (SSSR count). The van der Waals surface area contributed by atoms with Gasteiger partial charge < -0.3 is 4.90 Å². The van der Waals surface area contributed by atoms with Crippen molar-refractivity contribution in [1.29, 1.82) is 0 Å². The number of benzene rings is 1. The predicted molar refractivity (Wildman–Crippen MR) is 56.9 cm³/mol. The molecule has 0 saturated heterocycles. The number of para-hydroxylation sites is 1. The van der Waals surface area contributed by atoms with Gasteiger partial charge in [0.2, 0.25) is 0 Å². The molecule has 1 aliphatic heterocycles. The molecule has 1 atom stereocenters. The molecule has 0 aromatic heterocycles. The zero-order chi connectivity index (χ0) is 9.26. The van der Waals surface area contributed by atoms with Crippen LogP contribution in [0.15, 0.2) is 36.5 Å². The number of aryl methyl sites for hydroxylation is 1. The van der Waals surface area contributed by atoms with Crippen molar-refractivity contribution < 1.29 is 0 Å². The largest absolute Gasteiger partial charge is 0.345 e. The molecule has 1 unspecified atom stereocenters. The van der Waals surface area contributed by atoms with E-state index in [1.165, 1.54) is 11.3 Å². The van der Waals surface area contributed by atoms with Crippen molar-refractivity contribution in [3.8, 4) is 0 Å². The summed E-state index contributed by atoms with van der Waals surface area (Å²) in [5.74, 6) is 0. The lowest BCUT2D eigenvalue weighted by Crippen LogP contribution is -2.23. The van der Waals surface area contributed by atoms with E-state index in [4.69, 9.17) is 0 Å². The number of anilines is 1. The molecule has 0 N–H and O–H groups in total. The van der Waals surface area contributed by atoms with Gasteiger partial charge in [-0.25, -0.2) is 0 Å².